The van der Waals surface area contributed by atoms with E-state index in [0.29, 0.717) is 11.5 Å². The van der Waals surface area contributed by atoms with Gasteiger partial charge >= 0.3 is 0 Å². The number of carbonyl (C=O) groups is 1. The molecule has 1 rings (SSSR count). The number of nitrogens with one attached hydrogen (secondary N) is 1. The minimum Gasteiger partial charge on any atom is -0.382 e. The molecule has 0 atom stereocenters. The van der Waals surface area contributed by atoms with Crippen LogP contribution in [0.2, 0.25) is 0 Å². The average Bonchev–Trinajstić information content (AvgIpc) is 2.63. The van der Waals surface area contributed by atoms with Gasteiger partial charge in [0.2, 0.25) is 15.9 Å². The molecule has 0 aliphatic heterocycles. The summed E-state index contributed by atoms with van der Waals surface area (Å²) >= 11 is 1.00. The van der Waals surface area contributed by atoms with Gasteiger partial charge in [0, 0.05) is 12.0 Å². The van der Waals surface area contributed by atoms with Crippen LogP contribution in [-0.4, -0.2) is 33.6 Å². The molecule has 19 heavy (non-hydrogen) atoms. The summed E-state index contributed by atoms with van der Waals surface area (Å²) in [6.45, 7) is 4.09. The average molecular weight is 306 g/mol. The van der Waals surface area contributed by atoms with Crippen molar-refractivity contribution in [2.45, 2.75) is 30.0 Å². The van der Waals surface area contributed by atoms with Gasteiger partial charge < -0.3 is 10.1 Å². The third kappa shape index (κ3) is 5.27. The molecule has 0 saturated heterocycles. The molecule has 0 radical (unpaired) electrons. The third-order valence-electron chi connectivity index (χ3n) is 2.24. The molecule has 8 heteroatoms. The van der Waals surface area contributed by atoms with E-state index >= 15 is 0 Å². The summed E-state index contributed by atoms with van der Waals surface area (Å²) in [7, 11) is -2.13. The van der Waals surface area contributed by atoms with Crippen molar-refractivity contribution in [2.75, 3.05) is 13.7 Å². The molecule has 0 saturated carbocycles. The number of hydrogen-bond donors (Lipinski definition) is 2. The zero-order valence-electron chi connectivity index (χ0n) is 11.1. The van der Waals surface area contributed by atoms with E-state index in [4.69, 9.17) is 9.88 Å². The predicted octanol–water partition coefficient (Wildman–Crippen LogP) is 0.479. The maximum atomic E-state index is 11.8. The van der Waals surface area contributed by atoms with Crippen molar-refractivity contribution in [2.24, 2.45) is 5.14 Å². The van der Waals surface area contributed by atoms with Gasteiger partial charge in [-0.25, -0.2) is 13.6 Å². The normalized spacial score (nSPS) is 12.4. The Hall–Kier alpha value is -0.960. The second-order valence-corrected chi connectivity index (χ2v) is 7.76. The van der Waals surface area contributed by atoms with Crippen LogP contribution in [0.1, 0.15) is 18.7 Å². The SMILES string of the molecule is COCC(C)(C)NC(=O)Cc1ccc(S(N)(=O)=O)s1. The van der Waals surface area contributed by atoms with Crippen molar-refractivity contribution in [1.82, 2.24) is 5.32 Å². The number of nitrogens with two attached hydrogens (primary N) is 1. The quantitative estimate of drug-likeness (QED) is 0.798. The van der Waals surface area contributed by atoms with Gasteiger partial charge in [-0.15, -0.1) is 11.3 Å². The Bertz CT molecular complexity index is 549. The summed E-state index contributed by atoms with van der Waals surface area (Å²) in [6, 6.07) is 3.00. The molecule has 0 unspecified atom stereocenters. The smallest absolute Gasteiger partial charge is 0.247 e. The summed E-state index contributed by atoms with van der Waals surface area (Å²) in [5.74, 6) is -0.190. The summed E-state index contributed by atoms with van der Waals surface area (Å²) < 4.78 is 27.3. The number of primary sulfonamides is 1. The molecular weight excluding hydrogens is 288 g/mol. The van der Waals surface area contributed by atoms with Gasteiger partial charge in [-0.3, -0.25) is 4.79 Å². The zero-order valence-corrected chi connectivity index (χ0v) is 12.7. The standard InChI is InChI=1S/C11H18N2O4S2/c1-11(2,7-17-3)13-9(14)6-8-4-5-10(18-8)19(12,15)16/h4-5H,6-7H2,1-3H3,(H,13,14)(H2,12,15,16). The molecule has 0 aliphatic rings. The molecule has 0 bridgehead atoms. The molecule has 108 valence electrons. The molecule has 3 N–H and O–H groups in total. The Morgan fingerprint density at radius 2 is 2.11 bits per heavy atom. The Morgan fingerprint density at radius 1 is 1.47 bits per heavy atom. The highest BCUT2D eigenvalue weighted by molar-refractivity contribution is 7.91. The molecule has 0 aliphatic carbocycles. The zero-order chi connectivity index (χ0) is 14.7. The van der Waals surface area contributed by atoms with Crippen molar-refractivity contribution < 1.29 is 17.9 Å². The number of ether oxygens (including phenoxy) is 1. The van der Waals surface area contributed by atoms with Crippen molar-refractivity contribution in [3.8, 4) is 0 Å². The lowest BCUT2D eigenvalue weighted by Crippen LogP contribution is -2.47. The largest absolute Gasteiger partial charge is 0.382 e. The first-order chi connectivity index (χ1) is 8.64. The van der Waals surface area contributed by atoms with Gasteiger partial charge in [-0.05, 0) is 26.0 Å². The maximum absolute atomic E-state index is 11.8. The molecule has 1 aromatic rings. The first kappa shape index (κ1) is 16.1. The number of carbonyl (C=O) groups excluding carboxylic acids is 1. The fourth-order valence-corrected chi connectivity index (χ4v) is 3.36. The molecule has 0 spiro atoms. The van der Waals surface area contributed by atoms with Crippen LogP contribution in [0.3, 0.4) is 0 Å². The van der Waals surface area contributed by atoms with Crippen molar-refractivity contribution in [1.29, 1.82) is 0 Å². The van der Waals surface area contributed by atoms with Crippen LogP contribution in [0.4, 0.5) is 0 Å². The molecule has 1 amide bonds. The summed E-state index contributed by atoms with van der Waals surface area (Å²) in [5, 5.41) is 7.82. The van der Waals surface area contributed by atoms with Crippen LogP contribution in [0, 0.1) is 0 Å². The van der Waals surface area contributed by atoms with Gasteiger partial charge in [-0.2, -0.15) is 0 Å². The highest BCUT2D eigenvalue weighted by Crippen LogP contribution is 2.20. The molecule has 1 heterocycles. The van der Waals surface area contributed by atoms with Gasteiger partial charge in [0.1, 0.15) is 4.21 Å². The number of thiophene rings is 1. The summed E-state index contributed by atoms with van der Waals surface area (Å²) in [6.07, 6.45) is 0.118. The number of amides is 1. The van der Waals surface area contributed by atoms with Crippen LogP contribution < -0.4 is 10.5 Å². The lowest BCUT2D eigenvalue weighted by Gasteiger charge is -2.25. The molecule has 1 aromatic heterocycles. The lowest BCUT2D eigenvalue weighted by molar-refractivity contribution is -0.122. The maximum Gasteiger partial charge on any atom is 0.247 e. The van der Waals surface area contributed by atoms with Gasteiger partial charge in [-0.1, -0.05) is 0 Å². The highest BCUT2D eigenvalue weighted by Gasteiger charge is 2.21. The second-order valence-electron chi connectivity index (χ2n) is 4.81. The van der Waals surface area contributed by atoms with Crippen LogP contribution >= 0.6 is 11.3 Å². The predicted molar refractivity (Wildman–Crippen MR) is 73.5 cm³/mol. The van der Waals surface area contributed by atoms with Crippen molar-refractivity contribution in [3.63, 3.8) is 0 Å². The molecular formula is C11H18N2O4S2. The Balaban J connectivity index is 2.66. The van der Waals surface area contributed by atoms with Crippen LogP contribution in [0.25, 0.3) is 0 Å². The highest BCUT2D eigenvalue weighted by atomic mass is 32.2. The Kier molecular flexibility index (Phi) is 5.08. The second kappa shape index (κ2) is 6.00. The van der Waals surface area contributed by atoms with E-state index in [9.17, 15) is 13.2 Å². The summed E-state index contributed by atoms with van der Waals surface area (Å²) in [4.78, 5) is 12.5. The van der Waals surface area contributed by atoms with Gasteiger partial charge in [0.25, 0.3) is 0 Å². The minimum absolute atomic E-state index is 0.0615. The van der Waals surface area contributed by atoms with E-state index in [1.807, 2.05) is 13.8 Å². The van der Waals surface area contributed by atoms with Crippen LogP contribution in [-0.2, 0) is 26.0 Å². The Labute approximate surface area is 117 Å². The number of rotatable bonds is 6. The topological polar surface area (TPSA) is 98.5 Å². The summed E-state index contributed by atoms with van der Waals surface area (Å²) in [5.41, 5.74) is -0.466. The van der Waals surface area contributed by atoms with E-state index in [2.05, 4.69) is 5.32 Å². The molecule has 0 fully saturated rings. The van der Waals surface area contributed by atoms with E-state index in [1.165, 1.54) is 6.07 Å². The molecule has 6 nitrogen and oxygen atoms in total. The van der Waals surface area contributed by atoms with Crippen molar-refractivity contribution in [3.05, 3.63) is 17.0 Å². The number of hydrogen-bond acceptors (Lipinski definition) is 5. The monoisotopic (exact) mass is 306 g/mol. The van der Waals surface area contributed by atoms with Gasteiger partial charge in [0.05, 0.1) is 18.6 Å². The van der Waals surface area contributed by atoms with Gasteiger partial charge in [0.15, 0.2) is 0 Å². The minimum atomic E-state index is -3.69. The Morgan fingerprint density at radius 3 is 2.58 bits per heavy atom. The van der Waals surface area contributed by atoms with E-state index in [1.54, 1.807) is 13.2 Å². The first-order valence-corrected chi connectivity index (χ1v) is 7.92. The number of methoxy groups -OCH3 is 1. The van der Waals surface area contributed by atoms with E-state index in [-0.39, 0.29) is 16.5 Å². The first-order valence-electron chi connectivity index (χ1n) is 5.55. The molecule has 0 aromatic carbocycles. The fourth-order valence-electron chi connectivity index (χ4n) is 1.58. The fraction of sp³-hybridized carbons (Fsp3) is 0.545. The third-order valence-corrected chi connectivity index (χ3v) is 4.76. The van der Waals surface area contributed by atoms with Crippen molar-refractivity contribution >= 4 is 27.3 Å². The number of sulfonamides is 1. The van der Waals surface area contributed by atoms with Crippen LogP contribution in [0.15, 0.2) is 16.3 Å². The van der Waals surface area contributed by atoms with E-state index < -0.39 is 15.6 Å². The van der Waals surface area contributed by atoms with Crippen LogP contribution in [0.5, 0.6) is 0 Å². The lowest BCUT2D eigenvalue weighted by atomic mass is 10.1. The van der Waals surface area contributed by atoms with E-state index in [0.717, 1.165) is 11.3 Å².